The van der Waals surface area contributed by atoms with Crippen molar-refractivity contribution in [1.29, 1.82) is 0 Å². The van der Waals surface area contributed by atoms with Crippen LogP contribution in [0.1, 0.15) is 30.5 Å². The van der Waals surface area contributed by atoms with Crippen molar-refractivity contribution >= 4 is 23.2 Å². The van der Waals surface area contributed by atoms with Crippen molar-refractivity contribution < 1.29 is 4.39 Å². The number of benzene rings is 2. The number of hydrogen-bond donors (Lipinski definition) is 1. The summed E-state index contributed by atoms with van der Waals surface area (Å²) < 4.78 is 13.5. The summed E-state index contributed by atoms with van der Waals surface area (Å²) in [6, 6.07) is 11.8. The Morgan fingerprint density at radius 3 is 2.45 bits per heavy atom. The van der Waals surface area contributed by atoms with Gasteiger partial charge in [0.05, 0.1) is 6.04 Å². The van der Waals surface area contributed by atoms with Crippen LogP contribution in [0.3, 0.4) is 0 Å². The van der Waals surface area contributed by atoms with E-state index in [1.165, 1.54) is 12.1 Å². The number of halogens is 3. The van der Waals surface area contributed by atoms with Gasteiger partial charge in [0.1, 0.15) is 5.82 Å². The molecule has 0 radical (unpaired) electrons. The minimum absolute atomic E-state index is 0.143. The van der Waals surface area contributed by atoms with E-state index in [9.17, 15) is 4.39 Å². The molecule has 2 aromatic rings. The van der Waals surface area contributed by atoms with E-state index in [0.29, 0.717) is 10.0 Å². The molecule has 0 bridgehead atoms. The SMILES string of the molecule is CCCNC(c1ccc(Cl)cc1)c1cc(F)ccc1Cl. The fraction of sp³-hybridized carbons (Fsp3) is 0.250. The Morgan fingerprint density at radius 1 is 1.10 bits per heavy atom. The molecule has 0 saturated carbocycles. The number of nitrogens with one attached hydrogen (secondary N) is 1. The van der Waals surface area contributed by atoms with Crippen LogP contribution in [-0.2, 0) is 0 Å². The summed E-state index contributed by atoms with van der Waals surface area (Å²) in [5.74, 6) is -0.290. The van der Waals surface area contributed by atoms with Gasteiger partial charge in [-0.25, -0.2) is 4.39 Å². The van der Waals surface area contributed by atoms with Crippen LogP contribution < -0.4 is 5.32 Å². The summed E-state index contributed by atoms with van der Waals surface area (Å²) >= 11 is 12.1. The quantitative estimate of drug-likeness (QED) is 0.798. The molecule has 106 valence electrons. The molecule has 1 nitrogen and oxygen atoms in total. The van der Waals surface area contributed by atoms with E-state index in [-0.39, 0.29) is 11.9 Å². The van der Waals surface area contributed by atoms with Crippen LogP contribution in [0.2, 0.25) is 10.0 Å². The highest BCUT2D eigenvalue weighted by Crippen LogP contribution is 2.29. The maximum atomic E-state index is 13.5. The van der Waals surface area contributed by atoms with Crippen LogP contribution in [0.25, 0.3) is 0 Å². The average molecular weight is 312 g/mol. The zero-order chi connectivity index (χ0) is 14.5. The molecule has 1 unspecified atom stereocenters. The molecule has 4 heteroatoms. The fourth-order valence-electron chi connectivity index (χ4n) is 2.09. The standard InChI is InChI=1S/C16H16Cl2FN/c1-2-9-20-16(11-3-5-12(17)6-4-11)14-10-13(19)7-8-15(14)18/h3-8,10,16,20H,2,9H2,1H3. The van der Waals surface area contributed by atoms with Crippen molar-refractivity contribution in [2.75, 3.05) is 6.54 Å². The van der Waals surface area contributed by atoms with E-state index < -0.39 is 0 Å². The van der Waals surface area contributed by atoms with Gasteiger partial charge < -0.3 is 5.32 Å². The molecule has 0 aliphatic heterocycles. The second kappa shape index (κ2) is 7.07. The van der Waals surface area contributed by atoms with E-state index in [4.69, 9.17) is 23.2 Å². The molecular formula is C16H16Cl2FN. The first-order valence-corrected chi connectivity index (χ1v) is 7.31. The third-order valence-electron chi connectivity index (χ3n) is 3.07. The predicted molar refractivity (Wildman–Crippen MR) is 83.0 cm³/mol. The molecule has 2 aromatic carbocycles. The summed E-state index contributed by atoms with van der Waals surface area (Å²) in [6.07, 6.45) is 0.983. The normalized spacial score (nSPS) is 12.4. The molecule has 0 fully saturated rings. The first kappa shape index (κ1) is 15.3. The van der Waals surface area contributed by atoms with Crippen molar-refractivity contribution in [3.63, 3.8) is 0 Å². The lowest BCUT2D eigenvalue weighted by atomic mass is 9.98. The van der Waals surface area contributed by atoms with Gasteiger partial charge in [0.2, 0.25) is 0 Å². The van der Waals surface area contributed by atoms with E-state index in [1.54, 1.807) is 6.07 Å². The molecule has 0 heterocycles. The Balaban J connectivity index is 2.41. The van der Waals surface area contributed by atoms with Gasteiger partial charge in [-0.15, -0.1) is 0 Å². The van der Waals surface area contributed by atoms with Gasteiger partial charge in [-0.05, 0) is 54.4 Å². The lowest BCUT2D eigenvalue weighted by molar-refractivity contribution is 0.585. The highest BCUT2D eigenvalue weighted by Gasteiger charge is 2.17. The van der Waals surface area contributed by atoms with Crippen LogP contribution in [-0.4, -0.2) is 6.54 Å². The molecule has 1 atom stereocenters. The van der Waals surface area contributed by atoms with E-state index in [0.717, 1.165) is 24.1 Å². The smallest absolute Gasteiger partial charge is 0.123 e. The first-order chi connectivity index (χ1) is 9.61. The van der Waals surface area contributed by atoms with E-state index in [1.807, 2.05) is 24.3 Å². The molecule has 0 saturated heterocycles. The number of hydrogen-bond acceptors (Lipinski definition) is 1. The zero-order valence-electron chi connectivity index (χ0n) is 11.2. The summed E-state index contributed by atoms with van der Waals surface area (Å²) in [4.78, 5) is 0. The van der Waals surface area contributed by atoms with Gasteiger partial charge in [-0.2, -0.15) is 0 Å². The summed E-state index contributed by atoms with van der Waals surface area (Å²) in [5.41, 5.74) is 1.75. The van der Waals surface area contributed by atoms with Crippen LogP contribution in [0.4, 0.5) is 4.39 Å². The van der Waals surface area contributed by atoms with Crippen molar-refractivity contribution in [2.45, 2.75) is 19.4 Å². The van der Waals surface area contributed by atoms with Gasteiger partial charge in [0.25, 0.3) is 0 Å². The van der Waals surface area contributed by atoms with Crippen LogP contribution in [0.15, 0.2) is 42.5 Å². The van der Waals surface area contributed by atoms with Crippen LogP contribution >= 0.6 is 23.2 Å². The maximum absolute atomic E-state index is 13.5. The Morgan fingerprint density at radius 2 is 1.80 bits per heavy atom. The summed E-state index contributed by atoms with van der Waals surface area (Å²) in [6.45, 7) is 2.90. The van der Waals surface area contributed by atoms with Crippen LogP contribution in [0, 0.1) is 5.82 Å². The van der Waals surface area contributed by atoms with Crippen molar-refractivity contribution in [2.24, 2.45) is 0 Å². The third kappa shape index (κ3) is 3.72. The first-order valence-electron chi connectivity index (χ1n) is 6.55. The second-order valence-corrected chi connectivity index (χ2v) is 5.45. The number of rotatable bonds is 5. The van der Waals surface area contributed by atoms with Gasteiger partial charge >= 0.3 is 0 Å². The lowest BCUT2D eigenvalue weighted by Gasteiger charge is -2.21. The molecule has 20 heavy (non-hydrogen) atoms. The minimum Gasteiger partial charge on any atom is -0.306 e. The highest BCUT2D eigenvalue weighted by atomic mass is 35.5. The molecule has 1 N–H and O–H groups in total. The minimum atomic E-state index is -0.290. The molecule has 2 rings (SSSR count). The molecule has 0 aromatic heterocycles. The van der Waals surface area contributed by atoms with Gasteiger partial charge in [0, 0.05) is 10.0 Å². The largest absolute Gasteiger partial charge is 0.306 e. The molecule has 0 amide bonds. The van der Waals surface area contributed by atoms with E-state index in [2.05, 4.69) is 12.2 Å². The van der Waals surface area contributed by atoms with Gasteiger partial charge in [-0.1, -0.05) is 42.3 Å². The fourth-order valence-corrected chi connectivity index (χ4v) is 2.44. The monoisotopic (exact) mass is 311 g/mol. The van der Waals surface area contributed by atoms with Gasteiger partial charge in [0.15, 0.2) is 0 Å². The summed E-state index contributed by atoms with van der Waals surface area (Å²) in [5, 5.41) is 4.62. The molecule has 0 aliphatic carbocycles. The maximum Gasteiger partial charge on any atom is 0.123 e. The molecule has 0 spiro atoms. The molecule has 0 aliphatic rings. The van der Waals surface area contributed by atoms with Gasteiger partial charge in [-0.3, -0.25) is 0 Å². The zero-order valence-corrected chi connectivity index (χ0v) is 12.7. The second-order valence-electron chi connectivity index (χ2n) is 4.60. The Bertz CT molecular complexity index is 569. The Labute approximate surface area is 128 Å². The molecular weight excluding hydrogens is 296 g/mol. The topological polar surface area (TPSA) is 12.0 Å². The predicted octanol–water partition coefficient (Wildman–Crippen LogP) is 5.22. The Kier molecular flexibility index (Phi) is 5.41. The van der Waals surface area contributed by atoms with Crippen LogP contribution in [0.5, 0.6) is 0 Å². The van der Waals surface area contributed by atoms with Crippen molar-refractivity contribution in [3.8, 4) is 0 Å². The Hall–Kier alpha value is -1.09. The van der Waals surface area contributed by atoms with E-state index >= 15 is 0 Å². The average Bonchev–Trinajstić information content (AvgIpc) is 2.44. The third-order valence-corrected chi connectivity index (χ3v) is 3.67. The lowest BCUT2D eigenvalue weighted by Crippen LogP contribution is -2.23. The van der Waals surface area contributed by atoms with Crippen molar-refractivity contribution in [1.82, 2.24) is 5.32 Å². The summed E-state index contributed by atoms with van der Waals surface area (Å²) in [7, 11) is 0. The highest BCUT2D eigenvalue weighted by molar-refractivity contribution is 6.31. The van der Waals surface area contributed by atoms with Crippen molar-refractivity contribution in [3.05, 3.63) is 69.5 Å².